The lowest BCUT2D eigenvalue weighted by atomic mass is 10.2. The number of anilines is 1. The number of thioether (sulfide) groups is 1. The topological polar surface area (TPSA) is 68.0 Å². The number of amides is 1. The molecule has 1 amide bonds. The Bertz CT molecular complexity index is 305. The van der Waals surface area contributed by atoms with Gasteiger partial charge < -0.3 is 11.1 Å². The van der Waals surface area contributed by atoms with E-state index in [1.165, 1.54) is 0 Å². The maximum atomic E-state index is 11.5. The van der Waals surface area contributed by atoms with Gasteiger partial charge in [-0.05, 0) is 30.6 Å². The number of hydrogen-bond donors (Lipinski definition) is 2. The Labute approximate surface area is 93.7 Å². The fourth-order valence-corrected chi connectivity index (χ4v) is 1.54. The maximum Gasteiger partial charge on any atom is 0.241 e. The highest BCUT2D eigenvalue weighted by Gasteiger charge is 2.12. The summed E-state index contributed by atoms with van der Waals surface area (Å²) < 4.78 is 0. The molecule has 0 aliphatic carbocycles. The number of pyridine rings is 1. The molecule has 15 heavy (non-hydrogen) atoms. The lowest BCUT2D eigenvalue weighted by Gasteiger charge is -2.10. The molecule has 1 aromatic rings. The third-order valence-electron chi connectivity index (χ3n) is 1.90. The summed E-state index contributed by atoms with van der Waals surface area (Å²) in [5.74, 6) is 0.735. The van der Waals surface area contributed by atoms with Crippen LogP contribution in [-0.4, -0.2) is 28.9 Å². The van der Waals surface area contributed by atoms with Gasteiger partial charge in [-0.2, -0.15) is 11.8 Å². The Morgan fingerprint density at radius 2 is 2.53 bits per heavy atom. The Balaban J connectivity index is 2.42. The van der Waals surface area contributed by atoms with Gasteiger partial charge in [-0.15, -0.1) is 0 Å². The fourth-order valence-electron chi connectivity index (χ4n) is 1.05. The number of rotatable bonds is 5. The minimum absolute atomic E-state index is 0.156. The van der Waals surface area contributed by atoms with Crippen LogP contribution in [0.4, 0.5) is 5.69 Å². The molecule has 0 saturated heterocycles. The van der Waals surface area contributed by atoms with Gasteiger partial charge in [-0.25, -0.2) is 0 Å². The maximum absolute atomic E-state index is 11.5. The summed E-state index contributed by atoms with van der Waals surface area (Å²) in [5, 5.41) is 2.71. The molecule has 0 radical (unpaired) electrons. The molecule has 1 aromatic heterocycles. The summed E-state index contributed by atoms with van der Waals surface area (Å²) in [4.78, 5) is 15.4. The van der Waals surface area contributed by atoms with E-state index in [4.69, 9.17) is 5.73 Å². The second-order valence-electron chi connectivity index (χ2n) is 3.12. The molecule has 1 atom stereocenters. The van der Waals surface area contributed by atoms with Crippen molar-refractivity contribution in [1.29, 1.82) is 0 Å². The standard InChI is InChI=1S/C10H15N3OS/c1-15-6-4-9(11)10(14)13-8-3-2-5-12-7-8/h2-3,5,7,9H,4,6,11H2,1H3,(H,13,14). The minimum atomic E-state index is -0.447. The van der Waals surface area contributed by atoms with E-state index in [0.29, 0.717) is 12.1 Å². The molecule has 0 aromatic carbocycles. The third kappa shape index (κ3) is 4.31. The van der Waals surface area contributed by atoms with E-state index < -0.39 is 6.04 Å². The molecule has 82 valence electrons. The van der Waals surface area contributed by atoms with E-state index in [1.54, 1.807) is 36.3 Å². The van der Waals surface area contributed by atoms with Crippen LogP contribution in [0.5, 0.6) is 0 Å². The summed E-state index contributed by atoms with van der Waals surface area (Å²) >= 11 is 1.68. The highest BCUT2D eigenvalue weighted by atomic mass is 32.2. The van der Waals surface area contributed by atoms with E-state index in [-0.39, 0.29) is 5.91 Å². The first-order valence-electron chi connectivity index (χ1n) is 4.69. The molecule has 1 rings (SSSR count). The highest BCUT2D eigenvalue weighted by molar-refractivity contribution is 7.98. The smallest absolute Gasteiger partial charge is 0.241 e. The zero-order valence-electron chi connectivity index (χ0n) is 8.64. The van der Waals surface area contributed by atoms with Crippen molar-refractivity contribution in [2.24, 2.45) is 5.73 Å². The van der Waals surface area contributed by atoms with E-state index in [9.17, 15) is 4.79 Å². The van der Waals surface area contributed by atoms with Gasteiger partial charge in [0.1, 0.15) is 0 Å². The van der Waals surface area contributed by atoms with E-state index in [2.05, 4.69) is 10.3 Å². The quantitative estimate of drug-likeness (QED) is 0.787. The number of aromatic nitrogens is 1. The average molecular weight is 225 g/mol. The van der Waals surface area contributed by atoms with Gasteiger partial charge in [0, 0.05) is 6.20 Å². The molecule has 5 heteroatoms. The van der Waals surface area contributed by atoms with E-state index in [0.717, 1.165) is 5.75 Å². The molecule has 0 fully saturated rings. The molecular weight excluding hydrogens is 210 g/mol. The van der Waals surface area contributed by atoms with Gasteiger partial charge in [0.25, 0.3) is 0 Å². The highest BCUT2D eigenvalue weighted by Crippen LogP contribution is 2.05. The van der Waals surface area contributed by atoms with E-state index >= 15 is 0 Å². The van der Waals surface area contributed by atoms with Crippen LogP contribution < -0.4 is 11.1 Å². The predicted molar refractivity (Wildman–Crippen MR) is 63.8 cm³/mol. The van der Waals surface area contributed by atoms with Crippen LogP contribution in [0.3, 0.4) is 0 Å². The van der Waals surface area contributed by atoms with Crippen LogP contribution in [0.15, 0.2) is 24.5 Å². The normalized spacial score (nSPS) is 12.1. The molecule has 0 saturated carbocycles. The summed E-state index contributed by atoms with van der Waals surface area (Å²) in [6.07, 6.45) is 5.93. The summed E-state index contributed by atoms with van der Waals surface area (Å²) in [7, 11) is 0. The third-order valence-corrected chi connectivity index (χ3v) is 2.54. The van der Waals surface area contributed by atoms with Crippen molar-refractivity contribution in [1.82, 2.24) is 4.98 Å². The number of nitrogens with zero attached hydrogens (tertiary/aromatic N) is 1. The molecule has 0 aliphatic heterocycles. The Kier molecular flexibility index (Phi) is 5.14. The summed E-state index contributed by atoms with van der Waals surface area (Å²) in [6, 6.07) is 3.10. The zero-order valence-corrected chi connectivity index (χ0v) is 9.46. The predicted octanol–water partition coefficient (Wildman–Crippen LogP) is 1.10. The monoisotopic (exact) mass is 225 g/mol. The van der Waals surface area contributed by atoms with Crippen molar-refractivity contribution >= 4 is 23.4 Å². The van der Waals surface area contributed by atoms with Crippen LogP contribution in [-0.2, 0) is 4.79 Å². The second kappa shape index (κ2) is 6.42. The van der Waals surface area contributed by atoms with Gasteiger partial charge in [0.15, 0.2) is 0 Å². The number of nitrogens with one attached hydrogen (secondary N) is 1. The largest absolute Gasteiger partial charge is 0.323 e. The van der Waals surface area contributed by atoms with Crippen molar-refractivity contribution in [3.05, 3.63) is 24.5 Å². The van der Waals surface area contributed by atoms with Gasteiger partial charge in [0.2, 0.25) is 5.91 Å². The molecule has 1 unspecified atom stereocenters. The Morgan fingerprint density at radius 1 is 1.73 bits per heavy atom. The van der Waals surface area contributed by atoms with Gasteiger partial charge in [0.05, 0.1) is 17.9 Å². The van der Waals surface area contributed by atoms with Crippen molar-refractivity contribution in [3.8, 4) is 0 Å². The summed E-state index contributed by atoms with van der Waals surface area (Å²) in [5.41, 5.74) is 6.39. The molecule has 0 spiro atoms. The lowest BCUT2D eigenvalue weighted by molar-refractivity contribution is -0.117. The average Bonchev–Trinajstić information content (AvgIpc) is 2.27. The first kappa shape index (κ1) is 12.0. The molecule has 1 heterocycles. The number of hydrogen-bond acceptors (Lipinski definition) is 4. The number of carbonyl (C=O) groups is 1. The van der Waals surface area contributed by atoms with Crippen LogP contribution in [0, 0.1) is 0 Å². The number of carbonyl (C=O) groups excluding carboxylic acids is 1. The molecule has 0 aliphatic rings. The van der Waals surface area contributed by atoms with Gasteiger partial charge >= 0.3 is 0 Å². The Hall–Kier alpha value is -1.07. The molecule has 4 nitrogen and oxygen atoms in total. The lowest BCUT2D eigenvalue weighted by Crippen LogP contribution is -2.36. The first-order chi connectivity index (χ1) is 7.24. The fraction of sp³-hybridized carbons (Fsp3) is 0.400. The molecule has 3 N–H and O–H groups in total. The van der Waals surface area contributed by atoms with Crippen LogP contribution in [0.25, 0.3) is 0 Å². The summed E-state index contributed by atoms with van der Waals surface area (Å²) in [6.45, 7) is 0. The van der Waals surface area contributed by atoms with Crippen molar-refractivity contribution in [2.75, 3.05) is 17.3 Å². The van der Waals surface area contributed by atoms with Gasteiger partial charge in [-0.3, -0.25) is 9.78 Å². The van der Waals surface area contributed by atoms with Crippen LogP contribution >= 0.6 is 11.8 Å². The molecular formula is C10H15N3OS. The van der Waals surface area contributed by atoms with E-state index in [1.807, 2.05) is 6.26 Å². The number of nitrogens with two attached hydrogens (primary N) is 1. The van der Waals surface area contributed by atoms with Gasteiger partial charge in [-0.1, -0.05) is 0 Å². The van der Waals surface area contributed by atoms with Crippen molar-refractivity contribution in [2.45, 2.75) is 12.5 Å². The zero-order chi connectivity index (χ0) is 11.1. The van der Waals surface area contributed by atoms with Crippen molar-refractivity contribution < 1.29 is 4.79 Å². The Morgan fingerprint density at radius 3 is 3.13 bits per heavy atom. The minimum Gasteiger partial charge on any atom is -0.323 e. The second-order valence-corrected chi connectivity index (χ2v) is 4.10. The van der Waals surface area contributed by atoms with Crippen molar-refractivity contribution in [3.63, 3.8) is 0 Å². The van der Waals surface area contributed by atoms with Crippen LogP contribution in [0.2, 0.25) is 0 Å². The molecule has 0 bridgehead atoms. The van der Waals surface area contributed by atoms with Crippen LogP contribution in [0.1, 0.15) is 6.42 Å². The first-order valence-corrected chi connectivity index (χ1v) is 6.09. The SMILES string of the molecule is CSCCC(N)C(=O)Nc1cccnc1.